The Bertz CT molecular complexity index is 392. The maximum atomic E-state index is 9.81. The molecule has 0 radical (unpaired) electrons. The molecule has 0 spiro atoms. The van der Waals surface area contributed by atoms with Crippen LogP contribution in [0.5, 0.6) is 5.75 Å². The van der Waals surface area contributed by atoms with E-state index in [1.807, 2.05) is 39.0 Å². The van der Waals surface area contributed by atoms with Crippen LogP contribution in [0, 0.1) is 0 Å². The normalized spacial score (nSPS) is 11.2. The highest BCUT2D eigenvalue weighted by atomic mass is 16.3. The first-order chi connectivity index (χ1) is 7.10. The summed E-state index contributed by atoms with van der Waals surface area (Å²) in [6.45, 7) is 9.55. The average molecular weight is 203 g/mol. The van der Waals surface area contributed by atoms with E-state index in [2.05, 4.69) is 11.7 Å². The predicted molar refractivity (Wildman–Crippen MR) is 66.1 cm³/mol. The van der Waals surface area contributed by atoms with Crippen molar-refractivity contribution in [2.75, 3.05) is 0 Å². The van der Waals surface area contributed by atoms with Crippen LogP contribution in [-0.2, 0) is 0 Å². The van der Waals surface area contributed by atoms with Crippen LogP contribution < -0.4 is 0 Å². The quantitative estimate of drug-likeness (QED) is 0.743. The lowest BCUT2D eigenvalue weighted by atomic mass is 9.98. The van der Waals surface area contributed by atoms with Gasteiger partial charge in [-0.25, -0.2) is 0 Å². The fourth-order valence-corrected chi connectivity index (χ4v) is 1.52. The van der Waals surface area contributed by atoms with Gasteiger partial charge in [-0.05, 0) is 37.3 Å². The number of benzene rings is 1. The second-order valence-electron chi connectivity index (χ2n) is 3.78. The molecule has 1 rings (SSSR count). The highest BCUT2D eigenvalue weighted by Gasteiger charge is 2.09. The maximum absolute atomic E-state index is 9.81. The highest BCUT2D eigenvalue weighted by molar-refractivity contribution is 5.69. The predicted octanol–water partition coefficient (Wildman–Crippen LogP) is 3.88. The molecule has 0 aliphatic rings. The second-order valence-corrected chi connectivity index (χ2v) is 3.78. The van der Waals surface area contributed by atoms with Gasteiger partial charge in [0.25, 0.3) is 0 Å². The van der Waals surface area contributed by atoms with E-state index < -0.39 is 0 Å². The van der Waals surface area contributed by atoms with E-state index in [1.54, 1.807) is 6.07 Å². The van der Waals surface area contributed by atoms with Gasteiger partial charge in [-0.1, -0.05) is 26.0 Å². The first-order valence-electron chi connectivity index (χ1n) is 5.06. The van der Waals surface area contributed by atoms with Crippen molar-refractivity contribution in [2.45, 2.75) is 26.7 Å². The third-order valence-electron chi connectivity index (χ3n) is 2.31. The molecular formula is C13H17NO. The van der Waals surface area contributed by atoms with Gasteiger partial charge in [-0.3, -0.25) is 4.99 Å². The van der Waals surface area contributed by atoms with Crippen LogP contribution in [0.3, 0.4) is 0 Å². The second kappa shape index (κ2) is 4.78. The van der Waals surface area contributed by atoms with Crippen LogP contribution in [0.4, 0.5) is 5.69 Å². The van der Waals surface area contributed by atoms with Crippen LogP contribution in [0.1, 0.15) is 37.8 Å². The molecule has 2 nitrogen and oxygen atoms in total. The summed E-state index contributed by atoms with van der Waals surface area (Å²) < 4.78 is 0. The van der Waals surface area contributed by atoms with Crippen molar-refractivity contribution in [3.63, 3.8) is 0 Å². The molecule has 0 bridgehead atoms. The number of aliphatic imine (C=N–C) groups is 1. The number of aromatic hydroxyl groups is 1. The topological polar surface area (TPSA) is 32.6 Å². The van der Waals surface area contributed by atoms with Crippen molar-refractivity contribution in [1.82, 2.24) is 0 Å². The van der Waals surface area contributed by atoms with Crippen molar-refractivity contribution in [3.05, 3.63) is 29.3 Å². The lowest BCUT2D eigenvalue weighted by Gasteiger charge is -2.11. The fourth-order valence-electron chi connectivity index (χ4n) is 1.52. The van der Waals surface area contributed by atoms with Crippen molar-refractivity contribution in [3.8, 4) is 5.75 Å². The lowest BCUT2D eigenvalue weighted by Crippen LogP contribution is -1.89. The summed E-state index contributed by atoms with van der Waals surface area (Å²) in [6, 6.07) is 3.63. The SMILES string of the molecule is C=Nc1cc(C(C)C)c(O)cc1/C=C\C. The smallest absolute Gasteiger partial charge is 0.119 e. The lowest BCUT2D eigenvalue weighted by molar-refractivity contribution is 0.465. The van der Waals surface area contributed by atoms with Crippen molar-refractivity contribution in [1.29, 1.82) is 0 Å². The Hall–Kier alpha value is -1.57. The molecule has 0 heterocycles. The summed E-state index contributed by atoms with van der Waals surface area (Å²) in [7, 11) is 0. The first-order valence-corrected chi connectivity index (χ1v) is 5.06. The molecule has 0 atom stereocenters. The highest BCUT2D eigenvalue weighted by Crippen LogP contribution is 2.33. The zero-order valence-corrected chi connectivity index (χ0v) is 9.49. The molecule has 1 aromatic rings. The number of phenols is 1. The molecular weight excluding hydrogens is 186 g/mol. The number of rotatable bonds is 3. The molecule has 80 valence electrons. The Kier molecular flexibility index (Phi) is 3.67. The average Bonchev–Trinajstić information content (AvgIpc) is 2.18. The number of nitrogens with zero attached hydrogens (tertiary/aromatic N) is 1. The minimum Gasteiger partial charge on any atom is -0.508 e. The Morgan fingerprint density at radius 3 is 2.53 bits per heavy atom. The molecule has 0 unspecified atom stereocenters. The maximum Gasteiger partial charge on any atom is 0.119 e. The third-order valence-corrected chi connectivity index (χ3v) is 2.31. The zero-order chi connectivity index (χ0) is 11.4. The van der Waals surface area contributed by atoms with Gasteiger partial charge in [-0.2, -0.15) is 0 Å². The number of hydrogen-bond acceptors (Lipinski definition) is 2. The Morgan fingerprint density at radius 1 is 1.40 bits per heavy atom. The van der Waals surface area contributed by atoms with E-state index in [0.29, 0.717) is 5.75 Å². The zero-order valence-electron chi connectivity index (χ0n) is 9.49. The van der Waals surface area contributed by atoms with E-state index >= 15 is 0 Å². The summed E-state index contributed by atoms with van der Waals surface area (Å²) in [4.78, 5) is 3.96. The van der Waals surface area contributed by atoms with Crippen LogP contribution in [0.25, 0.3) is 6.08 Å². The monoisotopic (exact) mass is 203 g/mol. The molecule has 1 N–H and O–H groups in total. The van der Waals surface area contributed by atoms with Crippen LogP contribution in [0.15, 0.2) is 23.2 Å². The standard InChI is InChI=1S/C13H17NO/c1-5-6-10-7-13(15)11(9(2)3)8-12(10)14-4/h5-9,15H,4H2,1-3H3/b6-5-. The molecule has 15 heavy (non-hydrogen) atoms. The molecule has 0 amide bonds. The number of phenolic OH excluding ortho intramolecular Hbond substituents is 1. The van der Waals surface area contributed by atoms with E-state index in [4.69, 9.17) is 0 Å². The fraction of sp³-hybridized carbons (Fsp3) is 0.308. The van der Waals surface area contributed by atoms with E-state index in [-0.39, 0.29) is 5.92 Å². The van der Waals surface area contributed by atoms with Gasteiger partial charge in [-0.15, -0.1) is 0 Å². The molecule has 0 aromatic heterocycles. The molecule has 0 aliphatic heterocycles. The summed E-state index contributed by atoms with van der Waals surface area (Å²) in [6.07, 6.45) is 3.83. The van der Waals surface area contributed by atoms with Crippen LogP contribution >= 0.6 is 0 Å². The van der Waals surface area contributed by atoms with Crippen molar-refractivity contribution >= 4 is 18.5 Å². The van der Waals surface area contributed by atoms with Gasteiger partial charge in [0, 0.05) is 5.56 Å². The Balaban J connectivity index is 3.35. The molecule has 0 saturated heterocycles. The van der Waals surface area contributed by atoms with E-state index in [1.165, 1.54) is 0 Å². The van der Waals surface area contributed by atoms with E-state index in [9.17, 15) is 5.11 Å². The van der Waals surface area contributed by atoms with E-state index in [0.717, 1.165) is 16.8 Å². The van der Waals surface area contributed by atoms with Crippen molar-refractivity contribution < 1.29 is 5.11 Å². The summed E-state index contributed by atoms with van der Waals surface area (Å²) in [5, 5.41) is 9.81. The summed E-state index contributed by atoms with van der Waals surface area (Å²) >= 11 is 0. The van der Waals surface area contributed by atoms with Gasteiger partial charge in [0.2, 0.25) is 0 Å². The van der Waals surface area contributed by atoms with Gasteiger partial charge < -0.3 is 5.11 Å². The van der Waals surface area contributed by atoms with Gasteiger partial charge in [0.1, 0.15) is 5.75 Å². The van der Waals surface area contributed by atoms with Crippen molar-refractivity contribution in [2.24, 2.45) is 4.99 Å². The molecule has 2 heteroatoms. The third kappa shape index (κ3) is 2.46. The van der Waals surface area contributed by atoms with Crippen LogP contribution in [-0.4, -0.2) is 11.8 Å². The summed E-state index contributed by atoms with van der Waals surface area (Å²) in [5.41, 5.74) is 2.62. The molecule has 0 saturated carbocycles. The Labute approximate surface area is 91.0 Å². The minimum absolute atomic E-state index is 0.283. The van der Waals surface area contributed by atoms with Gasteiger partial charge >= 0.3 is 0 Å². The number of allylic oxidation sites excluding steroid dienone is 1. The largest absolute Gasteiger partial charge is 0.508 e. The minimum atomic E-state index is 0.283. The first kappa shape index (κ1) is 11.5. The summed E-state index contributed by atoms with van der Waals surface area (Å²) in [5.74, 6) is 0.607. The van der Waals surface area contributed by atoms with Gasteiger partial charge in [0.05, 0.1) is 5.69 Å². The molecule has 1 aromatic carbocycles. The Morgan fingerprint density at radius 2 is 2.07 bits per heavy atom. The van der Waals surface area contributed by atoms with Gasteiger partial charge in [0.15, 0.2) is 0 Å². The molecule has 0 fully saturated rings. The number of hydrogen-bond donors (Lipinski definition) is 1. The van der Waals surface area contributed by atoms with Crippen LogP contribution in [0.2, 0.25) is 0 Å². The molecule has 0 aliphatic carbocycles.